The summed E-state index contributed by atoms with van der Waals surface area (Å²) in [5, 5.41) is 0. The van der Waals surface area contributed by atoms with Gasteiger partial charge in [0.2, 0.25) is 0 Å². The minimum atomic E-state index is -0.572. The van der Waals surface area contributed by atoms with Crippen LogP contribution in [0.5, 0.6) is 11.5 Å². The summed E-state index contributed by atoms with van der Waals surface area (Å²) in [7, 11) is 3.39. The summed E-state index contributed by atoms with van der Waals surface area (Å²) in [6, 6.07) is 24.5. The van der Waals surface area contributed by atoms with Gasteiger partial charge in [0.15, 0.2) is 0 Å². The predicted octanol–water partition coefficient (Wildman–Crippen LogP) is 7.89. The fourth-order valence-corrected chi connectivity index (χ4v) is 6.26. The second-order valence-corrected chi connectivity index (χ2v) is 13.8. The highest BCUT2D eigenvalue weighted by molar-refractivity contribution is 5.68. The van der Waals surface area contributed by atoms with Crippen LogP contribution in [0.3, 0.4) is 0 Å². The van der Waals surface area contributed by atoms with Crippen molar-refractivity contribution in [3.8, 4) is 22.9 Å². The van der Waals surface area contributed by atoms with Crippen LogP contribution in [0.4, 0.5) is 4.79 Å². The summed E-state index contributed by atoms with van der Waals surface area (Å²) in [4.78, 5) is 19.5. The van der Waals surface area contributed by atoms with Crippen molar-refractivity contribution >= 4 is 6.09 Å². The molecule has 10 nitrogen and oxygen atoms in total. The van der Waals surface area contributed by atoms with Crippen molar-refractivity contribution in [2.75, 3.05) is 47.1 Å². The first kappa shape index (κ1) is 37.9. The van der Waals surface area contributed by atoms with E-state index in [1.165, 1.54) is 0 Å². The van der Waals surface area contributed by atoms with E-state index >= 15 is 0 Å². The van der Waals surface area contributed by atoms with Crippen LogP contribution < -0.4 is 9.47 Å². The number of benzene rings is 3. The summed E-state index contributed by atoms with van der Waals surface area (Å²) in [5.74, 6) is 2.66. The number of methoxy groups -OCH3 is 2. The van der Waals surface area contributed by atoms with Crippen LogP contribution in [0.15, 0.2) is 85.2 Å². The van der Waals surface area contributed by atoms with Crippen molar-refractivity contribution in [3.05, 3.63) is 102 Å². The second-order valence-electron chi connectivity index (χ2n) is 13.8. The standard InChI is InChI=1S/C41H53N3O7/c1-41(2,3)51-40(45)44-22-19-36(32-15-17-35(18-16-32)49-26-10-25-48-30-34-12-6-7-14-37(34)47-5)38(28-44)50-29-31-11-8-13-33(27-31)39-42-20-23-43(39)21-9-24-46-4/h6-8,11-18,20,23,27,36,38H,9-10,19,21-22,24-26,28-30H2,1-5H3. The molecule has 2 atom stereocenters. The number of amides is 1. The highest BCUT2D eigenvalue weighted by Crippen LogP contribution is 2.33. The van der Waals surface area contributed by atoms with Gasteiger partial charge < -0.3 is 37.9 Å². The van der Waals surface area contributed by atoms with E-state index in [2.05, 4.69) is 39.9 Å². The topological polar surface area (TPSA) is 93.5 Å². The summed E-state index contributed by atoms with van der Waals surface area (Å²) < 4.78 is 37.1. The van der Waals surface area contributed by atoms with Crippen LogP contribution >= 0.6 is 0 Å². The first-order chi connectivity index (χ1) is 24.7. The Labute approximate surface area is 302 Å². The second kappa shape index (κ2) is 18.7. The third-order valence-corrected chi connectivity index (χ3v) is 8.78. The fourth-order valence-electron chi connectivity index (χ4n) is 6.26. The SMILES string of the molecule is COCCCn1ccnc1-c1cccc(COC2CN(C(=O)OC(C)(C)C)CCC2c2ccc(OCCCOCc3ccccc3OC)cc2)c1. The lowest BCUT2D eigenvalue weighted by Gasteiger charge is -2.39. The van der Waals surface area contributed by atoms with E-state index < -0.39 is 5.60 Å². The molecule has 274 valence electrons. The number of imidazole rings is 1. The molecule has 0 saturated carbocycles. The average molecular weight is 700 g/mol. The van der Waals surface area contributed by atoms with Crippen LogP contribution in [0, 0.1) is 0 Å². The van der Waals surface area contributed by atoms with Gasteiger partial charge in [-0.25, -0.2) is 9.78 Å². The monoisotopic (exact) mass is 699 g/mol. The number of aromatic nitrogens is 2. The van der Waals surface area contributed by atoms with Gasteiger partial charge in [-0.15, -0.1) is 0 Å². The molecule has 0 spiro atoms. The summed E-state index contributed by atoms with van der Waals surface area (Å²) in [5.41, 5.74) is 3.69. The minimum Gasteiger partial charge on any atom is -0.496 e. The number of ether oxygens (including phenoxy) is 6. The highest BCUT2D eigenvalue weighted by atomic mass is 16.6. The molecule has 2 heterocycles. The van der Waals surface area contributed by atoms with Gasteiger partial charge in [0.25, 0.3) is 0 Å². The van der Waals surface area contributed by atoms with Gasteiger partial charge in [0, 0.05) is 62.7 Å². The molecule has 0 aliphatic carbocycles. The molecule has 4 aromatic rings. The number of aryl methyl sites for hydroxylation is 1. The van der Waals surface area contributed by atoms with Gasteiger partial charge in [0.1, 0.15) is 22.9 Å². The zero-order valence-corrected chi connectivity index (χ0v) is 30.7. The van der Waals surface area contributed by atoms with E-state index in [1.807, 2.05) is 75.6 Å². The Bertz CT molecular complexity index is 1650. The van der Waals surface area contributed by atoms with Crippen LogP contribution in [0.1, 0.15) is 62.6 Å². The van der Waals surface area contributed by atoms with Crippen LogP contribution in [0.2, 0.25) is 0 Å². The van der Waals surface area contributed by atoms with E-state index in [1.54, 1.807) is 19.1 Å². The molecule has 3 aromatic carbocycles. The average Bonchev–Trinajstić information content (AvgIpc) is 3.61. The Morgan fingerprint density at radius 1 is 0.922 bits per heavy atom. The maximum absolute atomic E-state index is 13.1. The maximum atomic E-state index is 13.1. The van der Waals surface area contributed by atoms with Crippen molar-refractivity contribution < 1.29 is 33.2 Å². The smallest absolute Gasteiger partial charge is 0.410 e. The molecule has 1 saturated heterocycles. The quantitative estimate of drug-likeness (QED) is 0.103. The third-order valence-electron chi connectivity index (χ3n) is 8.78. The number of carbonyl (C=O) groups is 1. The van der Waals surface area contributed by atoms with E-state index in [4.69, 9.17) is 28.4 Å². The van der Waals surface area contributed by atoms with Gasteiger partial charge in [-0.1, -0.05) is 48.5 Å². The lowest BCUT2D eigenvalue weighted by Crippen LogP contribution is -2.48. The molecule has 0 radical (unpaired) electrons. The van der Waals surface area contributed by atoms with Gasteiger partial charge in [-0.3, -0.25) is 0 Å². The van der Waals surface area contributed by atoms with Gasteiger partial charge in [-0.2, -0.15) is 0 Å². The van der Waals surface area contributed by atoms with Crippen molar-refractivity contribution in [1.29, 1.82) is 0 Å². The lowest BCUT2D eigenvalue weighted by atomic mass is 9.87. The Balaban J connectivity index is 1.19. The molecule has 2 unspecified atom stereocenters. The number of hydrogen-bond acceptors (Lipinski definition) is 8. The molecule has 1 amide bonds. The molecule has 1 aliphatic heterocycles. The zero-order valence-electron chi connectivity index (χ0n) is 30.7. The maximum Gasteiger partial charge on any atom is 0.410 e. The van der Waals surface area contributed by atoms with Gasteiger partial charge in [-0.05, 0) is 69.0 Å². The molecule has 1 aliphatic rings. The van der Waals surface area contributed by atoms with Crippen LogP contribution in [0.25, 0.3) is 11.4 Å². The fraction of sp³-hybridized carbons (Fsp3) is 0.463. The number of nitrogens with zero attached hydrogens (tertiary/aromatic N) is 3. The number of likely N-dealkylation sites (tertiary alicyclic amines) is 1. The molecule has 10 heteroatoms. The molecule has 5 rings (SSSR count). The highest BCUT2D eigenvalue weighted by Gasteiger charge is 2.35. The normalized spacial score (nSPS) is 16.2. The molecule has 1 fully saturated rings. The van der Waals surface area contributed by atoms with E-state index in [9.17, 15) is 4.79 Å². The molecule has 0 bridgehead atoms. The predicted molar refractivity (Wildman–Crippen MR) is 197 cm³/mol. The number of carbonyl (C=O) groups excluding carboxylic acids is 1. The Kier molecular flexibility index (Phi) is 13.9. The Hall–Kier alpha value is -4.38. The Morgan fingerprint density at radius 2 is 1.75 bits per heavy atom. The third kappa shape index (κ3) is 11.3. The van der Waals surface area contributed by atoms with Gasteiger partial charge >= 0.3 is 6.09 Å². The van der Waals surface area contributed by atoms with Crippen LogP contribution in [-0.2, 0) is 38.7 Å². The number of rotatable bonds is 17. The van der Waals surface area contributed by atoms with Gasteiger partial charge in [0.05, 0.1) is 46.2 Å². The first-order valence-corrected chi connectivity index (χ1v) is 17.9. The van der Waals surface area contributed by atoms with Crippen LogP contribution in [-0.4, -0.2) is 79.4 Å². The largest absolute Gasteiger partial charge is 0.496 e. The number of hydrogen-bond donors (Lipinski definition) is 0. The number of piperidine rings is 1. The zero-order chi connectivity index (χ0) is 36.1. The minimum absolute atomic E-state index is 0.101. The molecule has 51 heavy (non-hydrogen) atoms. The molecule has 0 N–H and O–H groups in total. The molecule has 1 aromatic heterocycles. The van der Waals surface area contributed by atoms with Crippen molar-refractivity contribution in [3.63, 3.8) is 0 Å². The van der Waals surface area contributed by atoms with Crippen molar-refractivity contribution in [2.45, 2.75) is 77.4 Å². The van der Waals surface area contributed by atoms with E-state index in [-0.39, 0.29) is 18.1 Å². The molecular weight excluding hydrogens is 646 g/mol. The first-order valence-electron chi connectivity index (χ1n) is 17.9. The van der Waals surface area contributed by atoms with Crippen molar-refractivity contribution in [2.24, 2.45) is 0 Å². The van der Waals surface area contributed by atoms with Crippen molar-refractivity contribution in [1.82, 2.24) is 14.5 Å². The van der Waals surface area contributed by atoms with E-state index in [0.29, 0.717) is 46.1 Å². The summed E-state index contributed by atoms with van der Waals surface area (Å²) >= 11 is 0. The van der Waals surface area contributed by atoms with E-state index in [0.717, 1.165) is 65.4 Å². The summed E-state index contributed by atoms with van der Waals surface area (Å²) in [6.07, 6.45) is 5.74. The number of para-hydroxylation sites is 1. The lowest BCUT2D eigenvalue weighted by molar-refractivity contribution is -0.0359. The molecular formula is C41H53N3O7. The Morgan fingerprint density at radius 3 is 2.53 bits per heavy atom. The summed E-state index contributed by atoms with van der Waals surface area (Å²) in [6.45, 7) is 10.3.